The number of nitrogens with one attached hydrogen (secondary N) is 1. The van der Waals surface area contributed by atoms with E-state index in [4.69, 9.17) is 0 Å². The summed E-state index contributed by atoms with van der Waals surface area (Å²) >= 11 is 0. The molecule has 0 saturated heterocycles. The highest BCUT2D eigenvalue weighted by atomic mass is 19.2. The Kier molecular flexibility index (Phi) is 3.34. The number of aryl methyl sites for hydroxylation is 1. The standard InChI is InChI=1S/C19H13F2N3/c1-11-23-18(13-5-7-17-12(9-13)3-2-8-22-17)19(24-11)14-4-6-15(20)16(21)10-14/h2-10H,1H3,(H,23,24). The lowest BCUT2D eigenvalue weighted by Gasteiger charge is -2.05. The van der Waals surface area contributed by atoms with Crippen LogP contribution in [0.2, 0.25) is 0 Å². The molecule has 24 heavy (non-hydrogen) atoms. The van der Waals surface area contributed by atoms with Crippen LogP contribution in [0.15, 0.2) is 54.7 Å². The number of pyridine rings is 1. The van der Waals surface area contributed by atoms with Gasteiger partial charge in [0.25, 0.3) is 0 Å². The Labute approximate surface area is 137 Å². The monoisotopic (exact) mass is 321 g/mol. The van der Waals surface area contributed by atoms with Crippen molar-refractivity contribution in [3.05, 3.63) is 72.2 Å². The van der Waals surface area contributed by atoms with Gasteiger partial charge in [0.1, 0.15) is 5.82 Å². The quantitative estimate of drug-likeness (QED) is 0.572. The molecular formula is C19H13F2N3. The van der Waals surface area contributed by atoms with Gasteiger partial charge in [0.2, 0.25) is 0 Å². The minimum atomic E-state index is -0.887. The number of fused-ring (bicyclic) bond motifs is 1. The molecule has 0 aliphatic rings. The summed E-state index contributed by atoms with van der Waals surface area (Å²) in [4.78, 5) is 12.0. The summed E-state index contributed by atoms with van der Waals surface area (Å²) in [6.07, 6.45) is 1.75. The first kappa shape index (κ1) is 14.5. The molecule has 0 fully saturated rings. The van der Waals surface area contributed by atoms with Gasteiger partial charge in [-0.25, -0.2) is 13.8 Å². The highest BCUT2D eigenvalue weighted by Crippen LogP contribution is 2.32. The van der Waals surface area contributed by atoms with Crippen molar-refractivity contribution < 1.29 is 8.78 Å². The normalized spacial score (nSPS) is 11.1. The maximum atomic E-state index is 13.6. The van der Waals surface area contributed by atoms with Crippen molar-refractivity contribution in [2.24, 2.45) is 0 Å². The lowest BCUT2D eigenvalue weighted by molar-refractivity contribution is 0.509. The number of benzene rings is 2. The zero-order valence-electron chi connectivity index (χ0n) is 12.8. The predicted molar refractivity (Wildman–Crippen MR) is 89.4 cm³/mol. The fourth-order valence-corrected chi connectivity index (χ4v) is 2.78. The number of H-pyrrole nitrogens is 1. The number of hydrogen-bond donors (Lipinski definition) is 1. The van der Waals surface area contributed by atoms with Gasteiger partial charge in [0.05, 0.1) is 16.9 Å². The number of imidazole rings is 1. The number of aromatic nitrogens is 3. The number of halogens is 2. The summed E-state index contributed by atoms with van der Waals surface area (Å²) in [5.41, 5.74) is 3.70. The molecule has 0 amide bonds. The van der Waals surface area contributed by atoms with E-state index >= 15 is 0 Å². The molecule has 2 heterocycles. The van der Waals surface area contributed by atoms with Crippen LogP contribution in [0.25, 0.3) is 33.4 Å². The van der Waals surface area contributed by atoms with E-state index < -0.39 is 11.6 Å². The molecule has 0 aliphatic carbocycles. The lowest BCUT2D eigenvalue weighted by Crippen LogP contribution is -1.88. The summed E-state index contributed by atoms with van der Waals surface area (Å²) < 4.78 is 26.8. The fourth-order valence-electron chi connectivity index (χ4n) is 2.78. The van der Waals surface area contributed by atoms with Gasteiger partial charge in [0, 0.05) is 22.7 Å². The van der Waals surface area contributed by atoms with E-state index in [1.807, 2.05) is 37.3 Å². The highest BCUT2D eigenvalue weighted by molar-refractivity contribution is 5.87. The molecule has 5 heteroatoms. The van der Waals surface area contributed by atoms with E-state index in [0.717, 1.165) is 34.3 Å². The minimum absolute atomic E-state index is 0.527. The van der Waals surface area contributed by atoms with E-state index in [-0.39, 0.29) is 0 Å². The third-order valence-electron chi connectivity index (χ3n) is 3.91. The first-order valence-electron chi connectivity index (χ1n) is 7.49. The molecule has 0 unspecified atom stereocenters. The molecule has 0 aliphatic heterocycles. The molecule has 3 nitrogen and oxygen atoms in total. The predicted octanol–water partition coefficient (Wildman–Crippen LogP) is 4.88. The molecular weight excluding hydrogens is 308 g/mol. The molecule has 0 saturated carbocycles. The van der Waals surface area contributed by atoms with Crippen LogP contribution in [0.3, 0.4) is 0 Å². The van der Waals surface area contributed by atoms with E-state index in [2.05, 4.69) is 15.0 Å². The van der Waals surface area contributed by atoms with Crippen molar-refractivity contribution in [1.29, 1.82) is 0 Å². The molecule has 118 valence electrons. The number of aromatic amines is 1. The van der Waals surface area contributed by atoms with Gasteiger partial charge < -0.3 is 4.98 Å². The fraction of sp³-hybridized carbons (Fsp3) is 0.0526. The average molecular weight is 321 g/mol. The van der Waals surface area contributed by atoms with Crippen molar-refractivity contribution in [1.82, 2.24) is 15.0 Å². The second kappa shape index (κ2) is 5.53. The maximum Gasteiger partial charge on any atom is 0.159 e. The van der Waals surface area contributed by atoms with Crippen molar-refractivity contribution in [3.63, 3.8) is 0 Å². The smallest absolute Gasteiger partial charge is 0.159 e. The van der Waals surface area contributed by atoms with Crippen molar-refractivity contribution in [2.75, 3.05) is 0 Å². The third kappa shape index (κ3) is 2.44. The van der Waals surface area contributed by atoms with E-state index in [9.17, 15) is 8.78 Å². The Morgan fingerprint density at radius 2 is 1.75 bits per heavy atom. The van der Waals surface area contributed by atoms with Gasteiger partial charge in [0.15, 0.2) is 11.6 Å². The number of hydrogen-bond acceptors (Lipinski definition) is 2. The lowest BCUT2D eigenvalue weighted by atomic mass is 10.0. The molecule has 0 spiro atoms. The van der Waals surface area contributed by atoms with E-state index in [1.165, 1.54) is 6.07 Å². The zero-order chi connectivity index (χ0) is 16.7. The Hall–Kier alpha value is -3.08. The second-order valence-corrected chi connectivity index (χ2v) is 5.59. The maximum absolute atomic E-state index is 13.6. The molecule has 0 atom stereocenters. The first-order chi connectivity index (χ1) is 11.6. The average Bonchev–Trinajstić information content (AvgIpc) is 2.99. The van der Waals surface area contributed by atoms with Crippen molar-refractivity contribution in [2.45, 2.75) is 6.92 Å². The zero-order valence-corrected chi connectivity index (χ0v) is 12.8. The Balaban J connectivity index is 1.90. The van der Waals surface area contributed by atoms with Gasteiger partial charge in [-0.2, -0.15) is 0 Å². The Morgan fingerprint density at radius 1 is 0.917 bits per heavy atom. The minimum Gasteiger partial charge on any atom is -0.342 e. The van der Waals surface area contributed by atoms with Crippen molar-refractivity contribution in [3.8, 4) is 22.5 Å². The van der Waals surface area contributed by atoms with Crippen LogP contribution < -0.4 is 0 Å². The van der Waals surface area contributed by atoms with Crippen LogP contribution in [-0.2, 0) is 0 Å². The summed E-state index contributed by atoms with van der Waals surface area (Å²) in [5.74, 6) is -1.05. The van der Waals surface area contributed by atoms with Crippen LogP contribution >= 0.6 is 0 Å². The van der Waals surface area contributed by atoms with Crippen LogP contribution in [0.1, 0.15) is 5.82 Å². The molecule has 4 aromatic rings. The summed E-state index contributed by atoms with van der Waals surface area (Å²) in [5, 5.41) is 0.999. The number of nitrogens with zero attached hydrogens (tertiary/aromatic N) is 2. The molecule has 4 rings (SSSR count). The largest absolute Gasteiger partial charge is 0.342 e. The van der Waals surface area contributed by atoms with Gasteiger partial charge in [-0.3, -0.25) is 4.98 Å². The van der Waals surface area contributed by atoms with Crippen LogP contribution in [0, 0.1) is 18.6 Å². The molecule has 2 aromatic carbocycles. The van der Waals surface area contributed by atoms with E-state index in [1.54, 1.807) is 6.20 Å². The van der Waals surface area contributed by atoms with Crippen LogP contribution in [0.5, 0.6) is 0 Å². The van der Waals surface area contributed by atoms with Gasteiger partial charge in [-0.1, -0.05) is 12.1 Å². The SMILES string of the molecule is Cc1nc(-c2ccc(F)c(F)c2)c(-c2ccc3ncccc3c2)[nH]1. The van der Waals surface area contributed by atoms with Gasteiger partial charge >= 0.3 is 0 Å². The summed E-state index contributed by atoms with van der Waals surface area (Å²) in [7, 11) is 0. The third-order valence-corrected chi connectivity index (χ3v) is 3.91. The summed E-state index contributed by atoms with van der Waals surface area (Å²) in [6, 6.07) is 13.5. The first-order valence-corrected chi connectivity index (χ1v) is 7.49. The van der Waals surface area contributed by atoms with Crippen LogP contribution in [0.4, 0.5) is 8.78 Å². The molecule has 0 bridgehead atoms. The van der Waals surface area contributed by atoms with E-state index in [0.29, 0.717) is 17.1 Å². The Morgan fingerprint density at radius 3 is 2.58 bits per heavy atom. The van der Waals surface area contributed by atoms with Crippen molar-refractivity contribution >= 4 is 10.9 Å². The Bertz CT molecular complexity index is 1050. The van der Waals surface area contributed by atoms with Gasteiger partial charge in [-0.15, -0.1) is 0 Å². The van der Waals surface area contributed by atoms with Gasteiger partial charge in [-0.05, 0) is 43.3 Å². The topological polar surface area (TPSA) is 41.6 Å². The summed E-state index contributed by atoms with van der Waals surface area (Å²) in [6.45, 7) is 1.83. The molecule has 2 aromatic heterocycles. The number of rotatable bonds is 2. The molecule has 1 N–H and O–H groups in total. The second-order valence-electron chi connectivity index (χ2n) is 5.59. The highest BCUT2D eigenvalue weighted by Gasteiger charge is 2.15. The molecule has 0 radical (unpaired) electrons. The van der Waals surface area contributed by atoms with Crippen LogP contribution in [-0.4, -0.2) is 15.0 Å².